The first-order valence-corrected chi connectivity index (χ1v) is 11.9. The fraction of sp³-hybridized carbons (Fsp3) is 0.333. The minimum Gasteiger partial charge on any atom is -0.496 e. The number of hydrogen-bond acceptors (Lipinski definition) is 8. The van der Waals surface area contributed by atoms with E-state index in [0.717, 1.165) is 15.6 Å². The molecule has 192 valence electrons. The highest BCUT2D eigenvalue weighted by molar-refractivity contribution is 7.08. The average Bonchev–Trinajstić information content (AvgIpc) is 3.38. The van der Waals surface area contributed by atoms with Crippen molar-refractivity contribution in [3.63, 3.8) is 0 Å². The van der Waals surface area contributed by atoms with Crippen LogP contribution in [0.5, 0.6) is 5.75 Å². The second-order valence-corrected chi connectivity index (χ2v) is 8.95. The summed E-state index contributed by atoms with van der Waals surface area (Å²) in [6.45, 7) is 4.66. The summed E-state index contributed by atoms with van der Waals surface area (Å²) in [6, 6.07) is 5.20. The smallest absolute Gasteiger partial charge is 0.350 e. The van der Waals surface area contributed by atoms with Gasteiger partial charge in [0, 0.05) is 24.2 Å². The van der Waals surface area contributed by atoms with Gasteiger partial charge in [-0.1, -0.05) is 5.16 Å². The number of aliphatic hydroxyl groups excluding tert-OH is 1. The van der Waals surface area contributed by atoms with Gasteiger partial charge in [0.15, 0.2) is 0 Å². The van der Waals surface area contributed by atoms with Crippen molar-refractivity contribution < 1.29 is 23.9 Å². The summed E-state index contributed by atoms with van der Waals surface area (Å²) >= 11 is 1.29. The van der Waals surface area contributed by atoms with E-state index in [1.165, 1.54) is 50.7 Å². The number of oxime groups is 1. The van der Waals surface area contributed by atoms with Crippen LogP contribution in [0.2, 0.25) is 0 Å². The number of amides is 1. The van der Waals surface area contributed by atoms with Gasteiger partial charge in [0.25, 0.3) is 11.5 Å². The standard InChI is InChI=1S/C24H27FN4O6S/c1-14(2)35-26-15(3)19-11-28(12-20(30)18-10-17(25)6-7-21(18)34-5)24(33)29(23(19)32)27(4)22(31)16-8-9-36-13-16/h6-11,13-14,20,30H,12H2,1-5H3/b26-15+. The number of halogens is 1. The number of carbonyl (C=O) groups excluding carboxylic acids is 1. The van der Waals surface area contributed by atoms with Crippen LogP contribution in [0.15, 0.2) is 56.0 Å². The Kier molecular flexibility index (Phi) is 8.43. The van der Waals surface area contributed by atoms with E-state index in [1.54, 1.807) is 30.7 Å². The van der Waals surface area contributed by atoms with Crippen molar-refractivity contribution in [2.24, 2.45) is 5.16 Å². The van der Waals surface area contributed by atoms with Gasteiger partial charge in [0.05, 0.1) is 30.5 Å². The number of aromatic nitrogens is 2. The zero-order valence-electron chi connectivity index (χ0n) is 20.5. The number of methoxy groups -OCH3 is 1. The van der Waals surface area contributed by atoms with E-state index in [-0.39, 0.29) is 35.2 Å². The van der Waals surface area contributed by atoms with Crippen LogP contribution >= 0.6 is 11.3 Å². The number of rotatable bonds is 9. The third kappa shape index (κ3) is 5.71. The predicted molar refractivity (Wildman–Crippen MR) is 134 cm³/mol. The monoisotopic (exact) mass is 518 g/mol. The van der Waals surface area contributed by atoms with Gasteiger partial charge in [-0.15, -0.1) is 0 Å². The van der Waals surface area contributed by atoms with Gasteiger partial charge in [0.1, 0.15) is 23.8 Å². The minimum atomic E-state index is -1.38. The maximum Gasteiger partial charge on any atom is 0.350 e. The van der Waals surface area contributed by atoms with Gasteiger partial charge < -0.3 is 14.7 Å². The molecular weight excluding hydrogens is 491 g/mol. The predicted octanol–water partition coefficient (Wildman–Crippen LogP) is 2.51. The second-order valence-electron chi connectivity index (χ2n) is 8.17. The molecule has 1 amide bonds. The van der Waals surface area contributed by atoms with Gasteiger partial charge in [0.2, 0.25) is 0 Å². The Morgan fingerprint density at radius 3 is 2.61 bits per heavy atom. The largest absolute Gasteiger partial charge is 0.496 e. The average molecular weight is 519 g/mol. The molecule has 0 radical (unpaired) electrons. The third-order valence-electron chi connectivity index (χ3n) is 5.21. The Morgan fingerprint density at radius 2 is 2.00 bits per heavy atom. The molecule has 0 bridgehead atoms. The molecule has 36 heavy (non-hydrogen) atoms. The van der Waals surface area contributed by atoms with Crippen molar-refractivity contribution >= 4 is 23.0 Å². The summed E-state index contributed by atoms with van der Waals surface area (Å²) in [6.07, 6.45) is -0.422. The fourth-order valence-electron chi connectivity index (χ4n) is 3.38. The van der Waals surface area contributed by atoms with Crippen molar-refractivity contribution in [2.75, 3.05) is 19.2 Å². The van der Waals surface area contributed by atoms with Crippen LogP contribution in [-0.2, 0) is 11.4 Å². The Bertz CT molecular complexity index is 1380. The molecule has 1 N–H and O–H groups in total. The summed E-state index contributed by atoms with van der Waals surface area (Å²) in [7, 11) is 2.66. The zero-order chi connectivity index (χ0) is 26.6. The molecular formula is C24H27FN4O6S. The molecule has 2 heterocycles. The van der Waals surface area contributed by atoms with E-state index >= 15 is 0 Å². The van der Waals surface area contributed by atoms with E-state index in [0.29, 0.717) is 10.2 Å². The maximum absolute atomic E-state index is 13.9. The lowest BCUT2D eigenvalue weighted by Crippen LogP contribution is -2.54. The van der Waals surface area contributed by atoms with Crippen molar-refractivity contribution in [2.45, 2.75) is 39.5 Å². The molecule has 0 fully saturated rings. The van der Waals surface area contributed by atoms with E-state index in [4.69, 9.17) is 9.57 Å². The molecule has 1 aromatic carbocycles. The quantitative estimate of drug-likeness (QED) is 0.344. The summed E-state index contributed by atoms with van der Waals surface area (Å²) in [5, 5.41) is 19.0. The molecule has 10 nitrogen and oxygen atoms in total. The number of thiophene rings is 1. The molecule has 0 spiro atoms. The van der Waals surface area contributed by atoms with E-state index in [2.05, 4.69) is 5.16 Å². The number of hydrogen-bond donors (Lipinski definition) is 1. The van der Waals surface area contributed by atoms with Gasteiger partial charge in [-0.3, -0.25) is 14.2 Å². The van der Waals surface area contributed by atoms with Crippen molar-refractivity contribution in [1.82, 2.24) is 9.24 Å². The summed E-state index contributed by atoms with van der Waals surface area (Å²) in [4.78, 5) is 44.9. The molecule has 1 atom stereocenters. The molecule has 0 saturated heterocycles. The van der Waals surface area contributed by atoms with Crippen LogP contribution in [-0.4, -0.2) is 46.2 Å². The topological polar surface area (TPSA) is 115 Å². The second kappa shape index (κ2) is 11.3. The Balaban J connectivity index is 2.15. The van der Waals surface area contributed by atoms with Crippen LogP contribution in [0.25, 0.3) is 0 Å². The lowest BCUT2D eigenvalue weighted by Gasteiger charge is -2.22. The van der Waals surface area contributed by atoms with Crippen molar-refractivity contribution in [3.8, 4) is 5.75 Å². The molecule has 2 aromatic heterocycles. The number of ether oxygens (including phenoxy) is 1. The number of benzene rings is 1. The van der Waals surface area contributed by atoms with Gasteiger partial charge in [-0.2, -0.15) is 16.0 Å². The molecule has 1 unspecified atom stereocenters. The van der Waals surface area contributed by atoms with Gasteiger partial charge in [-0.05, 0) is 50.4 Å². The van der Waals surface area contributed by atoms with Crippen LogP contribution < -0.4 is 21.0 Å². The summed E-state index contributed by atoms with van der Waals surface area (Å²) < 4.78 is 20.8. The molecule has 0 aliphatic carbocycles. The molecule has 0 aliphatic heterocycles. The first-order chi connectivity index (χ1) is 17.0. The van der Waals surface area contributed by atoms with E-state index in [1.807, 2.05) is 0 Å². The SMILES string of the molecule is COc1ccc(F)cc1C(O)Cn1cc(/C(C)=N/OC(C)C)c(=O)n(N(C)C(=O)c2ccsc2)c1=O. The van der Waals surface area contributed by atoms with Crippen LogP contribution in [0, 0.1) is 5.82 Å². The zero-order valence-corrected chi connectivity index (χ0v) is 21.3. The number of carbonyl (C=O) groups is 1. The van der Waals surface area contributed by atoms with Gasteiger partial charge in [-0.25, -0.2) is 14.2 Å². The Labute approximate surface area is 210 Å². The van der Waals surface area contributed by atoms with Crippen LogP contribution in [0.4, 0.5) is 4.39 Å². The highest BCUT2D eigenvalue weighted by Gasteiger charge is 2.24. The molecule has 0 aliphatic rings. The van der Waals surface area contributed by atoms with E-state index < -0.39 is 29.1 Å². The Morgan fingerprint density at radius 1 is 1.28 bits per heavy atom. The minimum absolute atomic E-state index is 0.0291. The normalized spacial score (nSPS) is 12.5. The lowest BCUT2D eigenvalue weighted by molar-refractivity contribution is 0.0859. The highest BCUT2D eigenvalue weighted by Crippen LogP contribution is 2.26. The third-order valence-corrected chi connectivity index (χ3v) is 5.89. The highest BCUT2D eigenvalue weighted by atomic mass is 32.1. The molecule has 0 saturated carbocycles. The van der Waals surface area contributed by atoms with Gasteiger partial charge >= 0.3 is 5.69 Å². The van der Waals surface area contributed by atoms with Crippen LogP contribution in [0.1, 0.15) is 48.4 Å². The van der Waals surface area contributed by atoms with E-state index in [9.17, 15) is 23.9 Å². The first-order valence-electron chi connectivity index (χ1n) is 10.9. The molecule has 3 rings (SSSR count). The number of nitrogens with zero attached hydrogens (tertiary/aromatic N) is 4. The van der Waals surface area contributed by atoms with Crippen LogP contribution in [0.3, 0.4) is 0 Å². The summed E-state index contributed by atoms with van der Waals surface area (Å²) in [5.74, 6) is -0.962. The molecule has 3 aromatic rings. The molecule has 12 heteroatoms. The maximum atomic E-state index is 13.9. The fourth-order valence-corrected chi connectivity index (χ4v) is 4.01. The Hall–Kier alpha value is -3.77. The first kappa shape index (κ1) is 26.8. The number of aliphatic hydroxyl groups is 1. The van der Waals surface area contributed by atoms with Crippen molar-refractivity contribution in [1.29, 1.82) is 0 Å². The lowest BCUT2D eigenvalue weighted by atomic mass is 10.1. The summed E-state index contributed by atoms with van der Waals surface area (Å²) in [5.41, 5.74) is -1.15. The van der Waals surface area contributed by atoms with Crippen molar-refractivity contribution in [3.05, 3.63) is 84.6 Å².